The van der Waals surface area contributed by atoms with Gasteiger partial charge in [-0.1, -0.05) is 29.3 Å². The lowest BCUT2D eigenvalue weighted by Gasteiger charge is -2.18. The molecule has 0 radical (unpaired) electrons. The maximum Gasteiger partial charge on any atom is 0.237 e. The predicted molar refractivity (Wildman–Crippen MR) is 82.1 cm³/mol. The van der Waals surface area contributed by atoms with Gasteiger partial charge in [-0.15, -0.1) is 12.4 Å². The quantitative estimate of drug-likeness (QED) is 0.795. The van der Waals surface area contributed by atoms with Crippen molar-refractivity contribution in [2.75, 3.05) is 6.54 Å². The minimum absolute atomic E-state index is 0. The maximum atomic E-state index is 12.1. The van der Waals surface area contributed by atoms with Crippen LogP contribution in [0.15, 0.2) is 18.2 Å². The smallest absolute Gasteiger partial charge is 0.237 e. The van der Waals surface area contributed by atoms with E-state index in [4.69, 9.17) is 0 Å². The molecule has 1 aromatic carbocycles. The molecular weight excluding hydrogens is 276 g/mol. The standard InChI is InChI=1S/C15H22N2O2.ClH/c1-9-4-10(2)6-12(5-9)11(3)17-15(19)14-7-13(18)8-16-14;/h4-6,11,13-14,16,18H,7-8H2,1-3H3,(H,17,19);1H. The topological polar surface area (TPSA) is 61.4 Å². The molecule has 1 aromatic rings. The van der Waals surface area contributed by atoms with Crippen molar-refractivity contribution >= 4 is 18.3 Å². The second kappa shape index (κ2) is 7.07. The van der Waals surface area contributed by atoms with Crippen molar-refractivity contribution in [1.82, 2.24) is 10.6 Å². The third-order valence-corrected chi connectivity index (χ3v) is 3.53. The number of halogens is 1. The van der Waals surface area contributed by atoms with Crippen LogP contribution in [-0.2, 0) is 4.79 Å². The number of β-amino-alcohol motifs (C(OH)–C–C–N with tert-alkyl or cyclic N) is 1. The molecule has 2 rings (SSSR count). The lowest BCUT2D eigenvalue weighted by molar-refractivity contribution is -0.123. The van der Waals surface area contributed by atoms with Crippen LogP contribution in [0.1, 0.15) is 36.1 Å². The number of nitrogens with one attached hydrogen (secondary N) is 2. The van der Waals surface area contributed by atoms with Gasteiger partial charge in [0, 0.05) is 6.54 Å². The lowest BCUT2D eigenvalue weighted by Crippen LogP contribution is -2.41. The zero-order valence-electron chi connectivity index (χ0n) is 12.1. The van der Waals surface area contributed by atoms with Crippen LogP contribution in [-0.4, -0.2) is 29.7 Å². The Bertz CT molecular complexity index is 459. The summed E-state index contributed by atoms with van der Waals surface area (Å²) in [6.07, 6.45) is 0.0815. The second-order valence-corrected chi connectivity index (χ2v) is 5.50. The normalized spacial score (nSPS) is 23.0. The van der Waals surface area contributed by atoms with E-state index in [1.54, 1.807) is 0 Å². The Balaban J connectivity index is 0.00000200. The van der Waals surface area contributed by atoms with Gasteiger partial charge in [-0.25, -0.2) is 0 Å². The van der Waals surface area contributed by atoms with Crippen molar-refractivity contribution in [3.8, 4) is 0 Å². The van der Waals surface area contributed by atoms with Gasteiger partial charge in [0.15, 0.2) is 0 Å². The summed E-state index contributed by atoms with van der Waals surface area (Å²) < 4.78 is 0. The fraction of sp³-hybridized carbons (Fsp3) is 0.533. The van der Waals surface area contributed by atoms with E-state index in [9.17, 15) is 9.90 Å². The first-order valence-corrected chi connectivity index (χ1v) is 6.75. The van der Waals surface area contributed by atoms with Gasteiger partial charge < -0.3 is 15.7 Å². The number of hydrogen-bond donors (Lipinski definition) is 3. The molecule has 1 heterocycles. The summed E-state index contributed by atoms with van der Waals surface area (Å²) >= 11 is 0. The zero-order chi connectivity index (χ0) is 14.0. The Morgan fingerprint density at radius 1 is 1.35 bits per heavy atom. The fourth-order valence-electron chi connectivity index (χ4n) is 2.57. The van der Waals surface area contributed by atoms with E-state index in [-0.39, 0.29) is 30.4 Å². The Morgan fingerprint density at radius 2 is 1.95 bits per heavy atom. The summed E-state index contributed by atoms with van der Waals surface area (Å²) in [5.41, 5.74) is 3.51. The summed E-state index contributed by atoms with van der Waals surface area (Å²) in [7, 11) is 0. The first kappa shape index (κ1) is 17.0. The highest BCUT2D eigenvalue weighted by Gasteiger charge is 2.28. The van der Waals surface area contributed by atoms with Crippen molar-refractivity contribution in [3.63, 3.8) is 0 Å². The summed E-state index contributed by atoms with van der Waals surface area (Å²) in [6.45, 7) is 6.59. The summed E-state index contributed by atoms with van der Waals surface area (Å²) in [5, 5.41) is 15.5. The molecule has 3 atom stereocenters. The van der Waals surface area contributed by atoms with Crippen LogP contribution in [0.4, 0.5) is 0 Å². The highest BCUT2D eigenvalue weighted by Crippen LogP contribution is 2.17. The van der Waals surface area contributed by atoms with Crippen LogP contribution in [0.3, 0.4) is 0 Å². The number of amides is 1. The molecule has 20 heavy (non-hydrogen) atoms. The molecule has 3 N–H and O–H groups in total. The molecule has 4 nitrogen and oxygen atoms in total. The molecule has 1 amide bonds. The van der Waals surface area contributed by atoms with E-state index in [0.717, 1.165) is 5.56 Å². The number of carbonyl (C=O) groups is 1. The Hall–Kier alpha value is -1.10. The first-order valence-electron chi connectivity index (χ1n) is 6.75. The van der Waals surface area contributed by atoms with Crippen molar-refractivity contribution in [2.45, 2.75) is 45.4 Å². The molecule has 0 saturated carbocycles. The number of aliphatic hydroxyl groups excluding tert-OH is 1. The molecule has 0 aliphatic carbocycles. The molecule has 0 bridgehead atoms. The van der Waals surface area contributed by atoms with Crippen LogP contribution in [0.2, 0.25) is 0 Å². The molecule has 0 spiro atoms. The maximum absolute atomic E-state index is 12.1. The van der Waals surface area contributed by atoms with E-state index >= 15 is 0 Å². The average Bonchev–Trinajstić information content (AvgIpc) is 2.74. The minimum Gasteiger partial charge on any atom is -0.392 e. The molecule has 1 aliphatic heterocycles. The van der Waals surface area contributed by atoms with Gasteiger partial charge in [-0.3, -0.25) is 4.79 Å². The van der Waals surface area contributed by atoms with E-state index in [2.05, 4.69) is 42.7 Å². The van der Waals surface area contributed by atoms with E-state index in [1.165, 1.54) is 11.1 Å². The van der Waals surface area contributed by atoms with Gasteiger partial charge >= 0.3 is 0 Å². The van der Waals surface area contributed by atoms with E-state index in [1.807, 2.05) is 6.92 Å². The van der Waals surface area contributed by atoms with Gasteiger partial charge in [0.05, 0.1) is 18.2 Å². The second-order valence-electron chi connectivity index (χ2n) is 5.50. The third kappa shape index (κ3) is 4.20. The summed E-state index contributed by atoms with van der Waals surface area (Å²) in [5.74, 6) is -0.0387. The van der Waals surface area contributed by atoms with Crippen LogP contribution < -0.4 is 10.6 Å². The highest BCUT2D eigenvalue weighted by molar-refractivity contribution is 5.85. The molecule has 5 heteroatoms. The number of benzene rings is 1. The van der Waals surface area contributed by atoms with Crippen molar-refractivity contribution in [3.05, 3.63) is 34.9 Å². The molecule has 1 fully saturated rings. The first-order chi connectivity index (χ1) is 8.95. The average molecular weight is 299 g/mol. The Morgan fingerprint density at radius 3 is 2.45 bits per heavy atom. The Kier molecular flexibility index (Phi) is 5.99. The highest BCUT2D eigenvalue weighted by atomic mass is 35.5. The fourth-order valence-corrected chi connectivity index (χ4v) is 2.57. The monoisotopic (exact) mass is 298 g/mol. The molecule has 1 saturated heterocycles. The summed E-state index contributed by atoms with van der Waals surface area (Å²) in [4.78, 5) is 12.1. The van der Waals surface area contributed by atoms with Gasteiger partial charge in [-0.05, 0) is 32.8 Å². The number of aryl methyl sites for hydroxylation is 2. The zero-order valence-corrected chi connectivity index (χ0v) is 13.0. The SMILES string of the molecule is Cc1cc(C)cc(C(C)NC(=O)C2CC(O)CN2)c1.Cl. The molecular formula is C15H23ClN2O2. The number of aliphatic hydroxyl groups is 1. The van der Waals surface area contributed by atoms with Gasteiger partial charge in [-0.2, -0.15) is 0 Å². The van der Waals surface area contributed by atoms with Gasteiger partial charge in [0.1, 0.15) is 0 Å². The minimum atomic E-state index is -0.410. The molecule has 1 aliphatic rings. The largest absolute Gasteiger partial charge is 0.392 e. The molecule has 0 aromatic heterocycles. The Labute approximate surface area is 126 Å². The van der Waals surface area contributed by atoms with Crippen LogP contribution in [0.5, 0.6) is 0 Å². The molecule has 3 unspecified atom stereocenters. The van der Waals surface area contributed by atoms with Gasteiger partial charge in [0.2, 0.25) is 5.91 Å². The third-order valence-electron chi connectivity index (χ3n) is 3.53. The lowest BCUT2D eigenvalue weighted by atomic mass is 10.0. The van der Waals surface area contributed by atoms with E-state index in [0.29, 0.717) is 13.0 Å². The molecule has 112 valence electrons. The van der Waals surface area contributed by atoms with Crippen molar-refractivity contribution in [1.29, 1.82) is 0 Å². The predicted octanol–water partition coefficient (Wildman–Crippen LogP) is 1.63. The summed E-state index contributed by atoms with van der Waals surface area (Å²) in [6, 6.07) is 6.01. The number of carbonyl (C=O) groups excluding carboxylic acids is 1. The van der Waals surface area contributed by atoms with Crippen molar-refractivity contribution in [2.24, 2.45) is 0 Å². The van der Waals surface area contributed by atoms with Gasteiger partial charge in [0.25, 0.3) is 0 Å². The van der Waals surface area contributed by atoms with Crippen LogP contribution in [0, 0.1) is 13.8 Å². The number of hydrogen-bond acceptors (Lipinski definition) is 3. The number of rotatable bonds is 3. The van der Waals surface area contributed by atoms with Crippen LogP contribution >= 0.6 is 12.4 Å². The van der Waals surface area contributed by atoms with Crippen molar-refractivity contribution < 1.29 is 9.90 Å². The van der Waals surface area contributed by atoms with E-state index < -0.39 is 6.10 Å². The van der Waals surface area contributed by atoms with Crippen LogP contribution in [0.25, 0.3) is 0 Å².